The van der Waals surface area contributed by atoms with Gasteiger partial charge in [0, 0.05) is 18.0 Å². The van der Waals surface area contributed by atoms with Gasteiger partial charge in [-0.2, -0.15) is 0 Å². The lowest BCUT2D eigenvalue weighted by Crippen LogP contribution is -2.39. The second-order valence-corrected chi connectivity index (χ2v) is 6.50. The van der Waals surface area contributed by atoms with Crippen molar-refractivity contribution in [3.63, 3.8) is 0 Å². The Morgan fingerprint density at radius 3 is 2.71 bits per heavy atom. The summed E-state index contributed by atoms with van der Waals surface area (Å²) in [7, 11) is 4.08. The number of hydrogen-bond acceptors (Lipinski definition) is 4. The zero-order chi connectivity index (χ0) is 16.5. The smallest absolute Gasteiger partial charge is 0.191 e. The second-order valence-electron chi connectivity index (χ2n) is 5.47. The monoisotopic (exact) mass is 462 g/mol. The summed E-state index contributed by atoms with van der Waals surface area (Å²) < 4.78 is 5.53. The summed E-state index contributed by atoms with van der Waals surface area (Å²) >= 11 is 1.79. The van der Waals surface area contributed by atoms with Gasteiger partial charge >= 0.3 is 0 Å². The van der Waals surface area contributed by atoms with Crippen molar-refractivity contribution in [1.82, 2.24) is 15.5 Å². The highest BCUT2D eigenvalue weighted by Crippen LogP contribution is 2.18. The van der Waals surface area contributed by atoms with E-state index < -0.39 is 0 Å². The maximum Gasteiger partial charge on any atom is 0.191 e. The molecule has 0 aliphatic rings. The second kappa shape index (κ2) is 11.5. The lowest BCUT2D eigenvalue weighted by Gasteiger charge is -2.21. The van der Waals surface area contributed by atoms with Crippen molar-refractivity contribution in [1.29, 1.82) is 0 Å². The molecule has 0 aromatic carbocycles. The van der Waals surface area contributed by atoms with Gasteiger partial charge < -0.3 is 15.1 Å². The summed E-state index contributed by atoms with van der Waals surface area (Å²) in [5, 5.41) is 8.80. The minimum absolute atomic E-state index is 0. The van der Waals surface area contributed by atoms with Crippen LogP contribution in [-0.2, 0) is 6.42 Å². The Kier molecular flexibility index (Phi) is 10.0. The third kappa shape index (κ3) is 6.82. The molecule has 2 heterocycles. The quantitative estimate of drug-likeness (QED) is 0.359. The standard InChI is InChI=1S/C17H26N4OS.HI/c1-4-18-17(19-10-9-14-7-6-12-23-14)20-13-15(21(2)3)16-8-5-11-22-16;/h5-8,11-12,15H,4,9-10,13H2,1-3H3,(H2,18,19,20);1H. The van der Waals surface area contributed by atoms with Crippen LogP contribution < -0.4 is 10.6 Å². The first kappa shape index (κ1) is 21.0. The molecule has 24 heavy (non-hydrogen) atoms. The average Bonchev–Trinajstić information content (AvgIpc) is 3.20. The van der Waals surface area contributed by atoms with Crippen LogP contribution in [0.5, 0.6) is 0 Å². The molecule has 0 amide bonds. The number of thiophene rings is 1. The number of furan rings is 1. The van der Waals surface area contributed by atoms with Crippen LogP contribution in [0.3, 0.4) is 0 Å². The van der Waals surface area contributed by atoms with Gasteiger partial charge in [0.25, 0.3) is 0 Å². The Hall–Kier alpha value is -1.06. The van der Waals surface area contributed by atoms with E-state index in [0.717, 1.165) is 31.2 Å². The average molecular weight is 462 g/mol. The van der Waals surface area contributed by atoms with Gasteiger partial charge in [0.15, 0.2) is 5.96 Å². The molecule has 1 atom stereocenters. The van der Waals surface area contributed by atoms with Gasteiger partial charge in [-0.25, -0.2) is 0 Å². The number of guanidine groups is 1. The van der Waals surface area contributed by atoms with Gasteiger partial charge in [0.2, 0.25) is 0 Å². The molecular formula is C17H27IN4OS. The van der Waals surface area contributed by atoms with Crippen LogP contribution in [0, 0.1) is 0 Å². The van der Waals surface area contributed by atoms with Crippen molar-refractivity contribution in [2.45, 2.75) is 19.4 Å². The molecule has 5 nitrogen and oxygen atoms in total. The zero-order valence-corrected chi connectivity index (χ0v) is 17.6. The summed E-state index contributed by atoms with van der Waals surface area (Å²) in [6.45, 7) is 4.44. The highest BCUT2D eigenvalue weighted by atomic mass is 127. The van der Waals surface area contributed by atoms with Crippen molar-refractivity contribution in [3.8, 4) is 0 Å². The van der Waals surface area contributed by atoms with E-state index in [1.54, 1.807) is 17.6 Å². The molecule has 7 heteroatoms. The van der Waals surface area contributed by atoms with Crippen molar-refractivity contribution < 1.29 is 4.42 Å². The van der Waals surface area contributed by atoms with Crippen molar-refractivity contribution in [2.75, 3.05) is 33.7 Å². The molecule has 0 saturated heterocycles. The number of nitrogens with one attached hydrogen (secondary N) is 2. The Morgan fingerprint density at radius 1 is 1.29 bits per heavy atom. The fourth-order valence-corrected chi connectivity index (χ4v) is 2.98. The fraction of sp³-hybridized carbons (Fsp3) is 0.471. The van der Waals surface area contributed by atoms with E-state index in [2.05, 4.69) is 40.0 Å². The molecule has 2 rings (SSSR count). The van der Waals surface area contributed by atoms with E-state index in [0.29, 0.717) is 6.54 Å². The highest BCUT2D eigenvalue weighted by molar-refractivity contribution is 14.0. The predicted octanol–water partition coefficient (Wildman–Crippen LogP) is 3.36. The highest BCUT2D eigenvalue weighted by Gasteiger charge is 2.16. The van der Waals surface area contributed by atoms with E-state index >= 15 is 0 Å². The topological polar surface area (TPSA) is 52.8 Å². The normalized spacial score (nSPS) is 12.8. The molecule has 0 aliphatic heterocycles. The number of likely N-dealkylation sites (N-methyl/N-ethyl adjacent to an activating group) is 1. The molecule has 0 bridgehead atoms. The minimum atomic E-state index is 0. The summed E-state index contributed by atoms with van der Waals surface area (Å²) in [6.07, 6.45) is 2.72. The summed E-state index contributed by atoms with van der Waals surface area (Å²) in [6, 6.07) is 8.30. The van der Waals surface area contributed by atoms with Crippen LogP contribution in [0.1, 0.15) is 23.6 Å². The van der Waals surface area contributed by atoms with Gasteiger partial charge in [0.05, 0.1) is 18.8 Å². The third-order valence-corrected chi connectivity index (χ3v) is 4.44. The van der Waals surface area contributed by atoms with Crippen molar-refractivity contribution in [3.05, 3.63) is 46.5 Å². The van der Waals surface area contributed by atoms with Crippen LogP contribution >= 0.6 is 35.3 Å². The maximum atomic E-state index is 5.53. The van der Waals surface area contributed by atoms with Crippen LogP contribution in [0.2, 0.25) is 0 Å². The molecule has 0 saturated carbocycles. The van der Waals surface area contributed by atoms with E-state index in [-0.39, 0.29) is 30.0 Å². The molecule has 0 fully saturated rings. The predicted molar refractivity (Wildman–Crippen MR) is 113 cm³/mol. The Balaban J connectivity index is 0.00000288. The van der Waals surface area contributed by atoms with E-state index in [1.165, 1.54) is 4.88 Å². The van der Waals surface area contributed by atoms with Crippen LogP contribution in [0.15, 0.2) is 45.3 Å². The Labute approximate surface area is 165 Å². The lowest BCUT2D eigenvalue weighted by molar-refractivity contribution is 0.265. The van der Waals surface area contributed by atoms with E-state index in [4.69, 9.17) is 9.41 Å². The van der Waals surface area contributed by atoms with E-state index in [1.807, 2.05) is 26.2 Å². The number of nitrogens with zero attached hydrogens (tertiary/aromatic N) is 2. The molecule has 0 aliphatic carbocycles. The largest absolute Gasteiger partial charge is 0.468 e. The maximum absolute atomic E-state index is 5.53. The van der Waals surface area contributed by atoms with Crippen molar-refractivity contribution >= 4 is 41.3 Å². The number of rotatable bonds is 8. The van der Waals surface area contributed by atoms with Crippen LogP contribution in [-0.4, -0.2) is 44.6 Å². The SMILES string of the molecule is CCNC(=NCC(c1ccco1)N(C)C)NCCc1cccs1.I. The van der Waals surface area contributed by atoms with Gasteiger partial charge in [0.1, 0.15) is 5.76 Å². The summed E-state index contributed by atoms with van der Waals surface area (Å²) in [5.74, 6) is 1.79. The Bertz CT molecular complexity index is 569. The molecule has 2 N–H and O–H groups in total. The zero-order valence-electron chi connectivity index (χ0n) is 14.5. The van der Waals surface area contributed by atoms with Gasteiger partial charge in [-0.3, -0.25) is 9.89 Å². The fourth-order valence-electron chi connectivity index (χ4n) is 2.27. The Morgan fingerprint density at radius 2 is 2.12 bits per heavy atom. The molecule has 0 spiro atoms. The van der Waals surface area contributed by atoms with Gasteiger partial charge in [-0.05, 0) is 51.0 Å². The van der Waals surface area contributed by atoms with Gasteiger partial charge in [-0.15, -0.1) is 35.3 Å². The molecule has 2 aromatic heterocycles. The third-order valence-electron chi connectivity index (χ3n) is 3.51. The van der Waals surface area contributed by atoms with Crippen LogP contribution in [0.4, 0.5) is 0 Å². The van der Waals surface area contributed by atoms with Crippen LogP contribution in [0.25, 0.3) is 0 Å². The first-order valence-electron chi connectivity index (χ1n) is 7.95. The molecule has 2 aromatic rings. The number of hydrogen-bond donors (Lipinski definition) is 2. The first-order valence-corrected chi connectivity index (χ1v) is 8.83. The number of aliphatic imine (C=N–C) groups is 1. The lowest BCUT2D eigenvalue weighted by atomic mass is 10.2. The molecular weight excluding hydrogens is 435 g/mol. The van der Waals surface area contributed by atoms with Gasteiger partial charge in [-0.1, -0.05) is 6.07 Å². The minimum Gasteiger partial charge on any atom is -0.468 e. The van der Waals surface area contributed by atoms with Crippen molar-refractivity contribution in [2.24, 2.45) is 4.99 Å². The summed E-state index contributed by atoms with van der Waals surface area (Å²) in [5.41, 5.74) is 0. The molecule has 1 unspecified atom stereocenters. The number of halogens is 1. The molecule has 0 radical (unpaired) electrons. The summed E-state index contributed by atoms with van der Waals surface area (Å²) in [4.78, 5) is 8.21. The molecule has 134 valence electrons. The van der Waals surface area contributed by atoms with E-state index in [9.17, 15) is 0 Å². The first-order chi connectivity index (χ1) is 11.2.